The number of rotatable bonds is 28. The number of carbonyl (C=O) groups excluding carboxylic acids is 2. The molecule has 3 atom stereocenters. The summed E-state index contributed by atoms with van der Waals surface area (Å²) < 4.78 is 64.4. The zero-order chi connectivity index (χ0) is 34.6. The van der Waals surface area contributed by atoms with E-state index in [-0.39, 0.29) is 25.0 Å². The third-order valence-electron chi connectivity index (χ3n) is 7.55. The van der Waals surface area contributed by atoms with Crippen LogP contribution >= 0.6 is 0 Å². The predicted molar refractivity (Wildman–Crippen MR) is 176 cm³/mol. The second-order valence-corrected chi connectivity index (χ2v) is 13.5. The average molecular weight is 673 g/mol. The van der Waals surface area contributed by atoms with Gasteiger partial charge in [0.2, 0.25) is 0 Å². The first-order valence-corrected chi connectivity index (χ1v) is 18.1. The number of hydrogen-bond acceptors (Lipinski definition) is 10. The Labute approximate surface area is 274 Å². The topological polar surface area (TPSA) is 144 Å². The minimum Gasteiger partial charge on any atom is -0.465 e. The summed E-state index contributed by atoms with van der Waals surface area (Å²) in [6.45, 7) is 14.5. The molecule has 0 amide bonds. The molecule has 0 aromatic rings. The van der Waals surface area contributed by atoms with E-state index in [9.17, 15) is 22.6 Å². The number of hydrogen-bond donors (Lipinski definition) is 1. The van der Waals surface area contributed by atoms with Crippen molar-refractivity contribution in [2.75, 3.05) is 94.3 Å². The molecule has 12 nitrogen and oxygen atoms in total. The van der Waals surface area contributed by atoms with Crippen molar-refractivity contribution in [2.45, 2.75) is 90.7 Å². The highest BCUT2D eigenvalue weighted by Crippen LogP contribution is 2.17. The first kappa shape index (κ1) is 45.8. The number of carbonyl (C=O) groups is 2. The second-order valence-electron chi connectivity index (χ2n) is 11.9. The summed E-state index contributed by atoms with van der Waals surface area (Å²) in [6.07, 6.45) is 6.74. The van der Waals surface area contributed by atoms with Crippen molar-refractivity contribution < 1.29 is 55.5 Å². The Morgan fingerprint density at radius 1 is 0.711 bits per heavy atom. The lowest BCUT2D eigenvalue weighted by atomic mass is 10.0. The molecule has 0 spiro atoms. The van der Waals surface area contributed by atoms with Crippen molar-refractivity contribution in [3.05, 3.63) is 0 Å². The van der Waals surface area contributed by atoms with E-state index >= 15 is 0 Å². The molecule has 1 N–H and O–H groups in total. The van der Waals surface area contributed by atoms with Crippen molar-refractivity contribution in [3.8, 4) is 0 Å². The molecule has 0 aliphatic heterocycles. The first-order valence-electron chi connectivity index (χ1n) is 16.5. The lowest BCUT2D eigenvalue weighted by Crippen LogP contribution is -2.44. The molecule has 0 aromatic carbocycles. The van der Waals surface area contributed by atoms with Crippen LogP contribution in [0.2, 0.25) is 0 Å². The standard InChI is InChI=1S/C20H38O7S.C12H28NO4/c1-5-9-11-16(7-3)14-26-19(21)13-18(28(23,24)25)20(22)27-15-17(8-4)12-10-6-2;1-13(2,5-7-16-11-9-14-3)6-8-17-12-10-15-4/h16-18H,5-15H2,1-4H3,(H,23,24,25);5-12H2,1-4H3/q;+1. The van der Waals surface area contributed by atoms with Crippen LogP contribution in [0.4, 0.5) is 0 Å². The first-order chi connectivity index (χ1) is 21.3. The summed E-state index contributed by atoms with van der Waals surface area (Å²) >= 11 is 0. The Kier molecular flexibility index (Phi) is 29.3. The van der Waals surface area contributed by atoms with Crippen LogP contribution in [0.1, 0.15) is 85.5 Å². The highest BCUT2D eigenvalue weighted by Gasteiger charge is 2.36. The van der Waals surface area contributed by atoms with Crippen LogP contribution in [0.3, 0.4) is 0 Å². The zero-order valence-electron chi connectivity index (χ0n) is 29.6. The molecule has 0 radical (unpaired) electrons. The van der Waals surface area contributed by atoms with Crippen LogP contribution in [0, 0.1) is 11.8 Å². The van der Waals surface area contributed by atoms with Gasteiger partial charge in [0.25, 0.3) is 10.1 Å². The van der Waals surface area contributed by atoms with Crippen LogP contribution in [0.15, 0.2) is 0 Å². The second kappa shape index (κ2) is 28.8. The summed E-state index contributed by atoms with van der Waals surface area (Å²) in [4.78, 5) is 24.2. The molecular weight excluding hydrogens is 606 g/mol. The van der Waals surface area contributed by atoms with E-state index in [1.165, 1.54) is 0 Å². The Balaban J connectivity index is 0. The number of esters is 2. The van der Waals surface area contributed by atoms with Crippen molar-refractivity contribution in [1.82, 2.24) is 0 Å². The van der Waals surface area contributed by atoms with Gasteiger partial charge < -0.3 is 32.9 Å². The maximum Gasteiger partial charge on any atom is 0.327 e. The van der Waals surface area contributed by atoms with Crippen LogP contribution < -0.4 is 0 Å². The maximum absolute atomic E-state index is 12.2. The van der Waals surface area contributed by atoms with Gasteiger partial charge >= 0.3 is 11.9 Å². The third-order valence-corrected chi connectivity index (χ3v) is 8.63. The summed E-state index contributed by atoms with van der Waals surface area (Å²) in [5, 5.41) is -1.95. The highest BCUT2D eigenvalue weighted by molar-refractivity contribution is 7.87. The molecule has 0 rings (SSSR count). The molecule has 0 aliphatic rings. The van der Waals surface area contributed by atoms with E-state index in [2.05, 4.69) is 27.9 Å². The summed E-state index contributed by atoms with van der Waals surface area (Å²) in [5.41, 5.74) is 0. The van der Waals surface area contributed by atoms with E-state index in [1.807, 2.05) is 13.8 Å². The largest absolute Gasteiger partial charge is 0.465 e. The SMILES string of the molecule is CCCCC(CC)COC(=O)CC(C(=O)OCC(CC)CCCC)S(=O)(=O)O.COCCOCC[N+](C)(C)CCOCCOC. The highest BCUT2D eigenvalue weighted by atomic mass is 32.2. The number of unbranched alkanes of at least 4 members (excludes halogenated alkanes) is 2. The molecule has 0 saturated carbocycles. The number of nitrogens with zero attached hydrogens (tertiary/aromatic N) is 1. The van der Waals surface area contributed by atoms with E-state index in [0.717, 1.165) is 82.2 Å². The van der Waals surface area contributed by atoms with Gasteiger partial charge in [-0.3, -0.25) is 14.1 Å². The quantitative estimate of drug-likeness (QED) is 0.0541. The lowest BCUT2D eigenvalue weighted by Gasteiger charge is -2.29. The lowest BCUT2D eigenvalue weighted by molar-refractivity contribution is -0.891. The fourth-order valence-corrected chi connectivity index (χ4v) is 4.70. The number of quaternary nitrogens is 1. The summed E-state index contributed by atoms with van der Waals surface area (Å²) in [5.74, 6) is -1.61. The fraction of sp³-hybridized carbons (Fsp3) is 0.938. The molecule has 0 aliphatic carbocycles. The molecule has 0 aromatic heterocycles. The van der Waals surface area contributed by atoms with Crippen LogP contribution in [-0.2, 0) is 48.1 Å². The summed E-state index contributed by atoms with van der Waals surface area (Å²) in [7, 11) is 2.96. The van der Waals surface area contributed by atoms with Gasteiger partial charge in [-0.15, -0.1) is 0 Å². The van der Waals surface area contributed by atoms with Gasteiger partial charge in [0, 0.05) is 14.2 Å². The number of likely N-dealkylation sites (N-methyl/N-ethyl adjacent to an activating group) is 1. The molecule has 13 heteroatoms. The van der Waals surface area contributed by atoms with Gasteiger partial charge in [-0.25, -0.2) is 0 Å². The Hall–Kier alpha value is -1.35. The number of methoxy groups -OCH3 is 2. The molecule has 3 unspecified atom stereocenters. The minimum absolute atomic E-state index is 0.0747. The average Bonchev–Trinajstić information content (AvgIpc) is 2.99. The van der Waals surface area contributed by atoms with Gasteiger partial charge in [0.05, 0.1) is 73.4 Å². The smallest absolute Gasteiger partial charge is 0.327 e. The van der Waals surface area contributed by atoms with Crippen LogP contribution in [-0.4, -0.2) is 129 Å². The summed E-state index contributed by atoms with van der Waals surface area (Å²) in [6, 6.07) is 0. The molecule has 0 bridgehead atoms. The van der Waals surface area contributed by atoms with E-state index in [0.29, 0.717) is 26.4 Å². The van der Waals surface area contributed by atoms with Gasteiger partial charge in [-0.2, -0.15) is 8.42 Å². The van der Waals surface area contributed by atoms with Crippen molar-refractivity contribution in [2.24, 2.45) is 11.8 Å². The zero-order valence-corrected chi connectivity index (χ0v) is 30.4. The Bertz CT molecular complexity index is 808. The Morgan fingerprint density at radius 3 is 1.53 bits per heavy atom. The minimum atomic E-state index is -4.76. The predicted octanol–water partition coefficient (Wildman–Crippen LogP) is 4.54. The van der Waals surface area contributed by atoms with Gasteiger partial charge in [0.1, 0.15) is 13.1 Å². The fourth-order valence-electron chi connectivity index (χ4n) is 4.04. The molecule has 270 valence electrons. The molecular formula is C32H66NO11S+. The number of ether oxygens (including phenoxy) is 6. The molecule has 0 fully saturated rings. The van der Waals surface area contributed by atoms with E-state index in [4.69, 9.17) is 28.4 Å². The van der Waals surface area contributed by atoms with E-state index in [1.54, 1.807) is 14.2 Å². The van der Waals surface area contributed by atoms with Crippen molar-refractivity contribution >= 4 is 22.1 Å². The van der Waals surface area contributed by atoms with Gasteiger partial charge in [-0.1, -0.05) is 66.2 Å². The maximum atomic E-state index is 12.2. The van der Waals surface area contributed by atoms with Crippen molar-refractivity contribution in [1.29, 1.82) is 0 Å². The van der Waals surface area contributed by atoms with E-state index < -0.39 is 33.7 Å². The molecule has 0 saturated heterocycles. The van der Waals surface area contributed by atoms with Crippen molar-refractivity contribution in [3.63, 3.8) is 0 Å². The molecule has 0 heterocycles. The van der Waals surface area contributed by atoms with Gasteiger partial charge in [0.15, 0.2) is 5.25 Å². The van der Waals surface area contributed by atoms with Gasteiger partial charge in [-0.05, 0) is 24.7 Å². The van der Waals surface area contributed by atoms with Crippen LogP contribution in [0.25, 0.3) is 0 Å². The monoisotopic (exact) mass is 672 g/mol. The third kappa shape index (κ3) is 27.5. The van der Waals surface area contributed by atoms with Crippen LogP contribution in [0.5, 0.6) is 0 Å². The molecule has 45 heavy (non-hydrogen) atoms. The Morgan fingerprint density at radius 2 is 1.16 bits per heavy atom. The normalized spacial score (nSPS) is 13.8.